The van der Waals surface area contributed by atoms with E-state index in [9.17, 15) is 0 Å². The normalized spacial score (nSPS) is 14.7. The van der Waals surface area contributed by atoms with Crippen LogP contribution in [0.2, 0.25) is 0 Å². The van der Waals surface area contributed by atoms with Crippen molar-refractivity contribution in [1.29, 1.82) is 0 Å². The summed E-state index contributed by atoms with van der Waals surface area (Å²) in [6, 6.07) is 2.03. The Bertz CT molecular complexity index is 339. The molecule has 2 unspecified atom stereocenters. The van der Waals surface area contributed by atoms with E-state index in [1.807, 2.05) is 12.3 Å². The van der Waals surface area contributed by atoms with Crippen LogP contribution in [-0.4, -0.2) is 11.6 Å². The van der Waals surface area contributed by atoms with Gasteiger partial charge in [0.2, 0.25) is 0 Å². The first kappa shape index (κ1) is 14.0. The van der Waals surface area contributed by atoms with Crippen molar-refractivity contribution in [3.05, 3.63) is 24.0 Å². The van der Waals surface area contributed by atoms with Gasteiger partial charge in [-0.15, -0.1) is 0 Å². The van der Waals surface area contributed by atoms with E-state index in [1.165, 1.54) is 0 Å². The Kier molecular flexibility index (Phi) is 5.42. The highest BCUT2D eigenvalue weighted by Gasteiger charge is 2.18. The topological polar surface area (TPSA) is 48.1 Å². The number of pyridine rings is 1. The van der Waals surface area contributed by atoms with Crippen LogP contribution in [0, 0.1) is 11.8 Å². The zero-order valence-corrected chi connectivity index (χ0v) is 11.3. The fraction of sp³-hybridized carbons (Fsp3) is 0.643. The lowest BCUT2D eigenvalue weighted by Crippen LogP contribution is -2.23. The van der Waals surface area contributed by atoms with Gasteiger partial charge in [-0.1, -0.05) is 27.7 Å². The van der Waals surface area contributed by atoms with Gasteiger partial charge in [-0.25, -0.2) is 0 Å². The molecule has 0 aliphatic rings. The number of rotatable bonds is 6. The van der Waals surface area contributed by atoms with E-state index in [2.05, 4.69) is 32.7 Å². The van der Waals surface area contributed by atoms with Gasteiger partial charge in [-0.05, 0) is 29.9 Å². The van der Waals surface area contributed by atoms with Crippen molar-refractivity contribution in [3.63, 3.8) is 0 Å². The smallest absolute Gasteiger partial charge is 0.137 e. The summed E-state index contributed by atoms with van der Waals surface area (Å²) >= 11 is 0. The van der Waals surface area contributed by atoms with E-state index < -0.39 is 0 Å². The maximum atomic E-state index is 6.24. The Balaban J connectivity index is 2.76. The first-order valence-corrected chi connectivity index (χ1v) is 6.39. The van der Waals surface area contributed by atoms with Crippen LogP contribution >= 0.6 is 0 Å². The largest absolute Gasteiger partial charge is 0.492 e. The zero-order valence-electron chi connectivity index (χ0n) is 11.3. The second-order valence-corrected chi connectivity index (χ2v) is 4.93. The van der Waals surface area contributed by atoms with E-state index in [4.69, 9.17) is 10.5 Å². The maximum Gasteiger partial charge on any atom is 0.137 e. The van der Waals surface area contributed by atoms with Crippen molar-refractivity contribution in [1.82, 2.24) is 4.98 Å². The first-order chi connectivity index (χ1) is 8.06. The van der Waals surface area contributed by atoms with E-state index >= 15 is 0 Å². The predicted octanol–water partition coefficient (Wildman–Crippen LogP) is 3.16. The minimum atomic E-state index is 0.0210. The van der Waals surface area contributed by atoms with Crippen molar-refractivity contribution < 1.29 is 4.74 Å². The summed E-state index contributed by atoms with van der Waals surface area (Å²) in [5, 5.41) is 0. The Morgan fingerprint density at radius 3 is 2.59 bits per heavy atom. The third-order valence-corrected chi connectivity index (χ3v) is 3.21. The van der Waals surface area contributed by atoms with Crippen LogP contribution in [0.3, 0.4) is 0 Å². The van der Waals surface area contributed by atoms with Crippen molar-refractivity contribution in [2.75, 3.05) is 6.61 Å². The van der Waals surface area contributed by atoms with E-state index in [0.717, 1.165) is 24.3 Å². The summed E-state index contributed by atoms with van der Waals surface area (Å²) in [7, 11) is 0. The van der Waals surface area contributed by atoms with Crippen LogP contribution in [0.25, 0.3) is 0 Å². The highest BCUT2D eigenvalue weighted by molar-refractivity contribution is 5.26. The molecule has 96 valence electrons. The molecule has 0 aromatic carbocycles. The second kappa shape index (κ2) is 6.60. The highest BCUT2D eigenvalue weighted by atomic mass is 16.5. The second-order valence-electron chi connectivity index (χ2n) is 4.93. The summed E-state index contributed by atoms with van der Waals surface area (Å²) in [6.45, 7) is 9.36. The van der Waals surface area contributed by atoms with Gasteiger partial charge in [0.05, 0.1) is 12.8 Å². The predicted molar refractivity (Wildman–Crippen MR) is 71.0 cm³/mol. The van der Waals surface area contributed by atoms with E-state index in [-0.39, 0.29) is 6.04 Å². The van der Waals surface area contributed by atoms with Gasteiger partial charge >= 0.3 is 0 Å². The maximum absolute atomic E-state index is 6.24. The Morgan fingerprint density at radius 1 is 1.29 bits per heavy atom. The van der Waals surface area contributed by atoms with Crippen molar-refractivity contribution in [2.24, 2.45) is 17.6 Å². The van der Waals surface area contributed by atoms with Crippen LogP contribution < -0.4 is 10.5 Å². The molecule has 2 N–H and O–H groups in total. The molecule has 1 heterocycles. The molecule has 3 nitrogen and oxygen atoms in total. The average Bonchev–Trinajstić information content (AvgIpc) is 2.34. The number of hydrogen-bond donors (Lipinski definition) is 1. The summed E-state index contributed by atoms with van der Waals surface area (Å²) in [5.74, 6) is 1.80. The SMILES string of the molecule is CCCOc1cncc(C(N)C(C)C(C)C)c1. The zero-order chi connectivity index (χ0) is 12.8. The van der Waals surface area contributed by atoms with Gasteiger partial charge in [0, 0.05) is 12.2 Å². The monoisotopic (exact) mass is 236 g/mol. The van der Waals surface area contributed by atoms with Crippen molar-refractivity contribution in [2.45, 2.75) is 40.2 Å². The molecule has 0 saturated heterocycles. The molecule has 0 spiro atoms. The first-order valence-electron chi connectivity index (χ1n) is 6.39. The third kappa shape index (κ3) is 4.00. The minimum absolute atomic E-state index is 0.0210. The summed E-state index contributed by atoms with van der Waals surface area (Å²) < 4.78 is 5.57. The molecule has 1 rings (SSSR count). The Hall–Kier alpha value is -1.09. The number of hydrogen-bond acceptors (Lipinski definition) is 3. The van der Waals surface area contributed by atoms with Crippen LogP contribution in [0.5, 0.6) is 5.75 Å². The van der Waals surface area contributed by atoms with Crippen molar-refractivity contribution >= 4 is 0 Å². The molecule has 0 bridgehead atoms. The number of ether oxygens (including phenoxy) is 1. The molecule has 0 amide bonds. The standard InChI is InChI=1S/C14H24N2O/c1-5-6-17-13-7-12(8-16-9-13)14(15)11(4)10(2)3/h7-11,14H,5-6,15H2,1-4H3. The molecule has 17 heavy (non-hydrogen) atoms. The number of nitrogens with two attached hydrogens (primary N) is 1. The van der Waals surface area contributed by atoms with Gasteiger partial charge in [-0.3, -0.25) is 4.98 Å². The fourth-order valence-electron chi connectivity index (χ4n) is 1.63. The molecule has 2 atom stereocenters. The van der Waals surface area contributed by atoms with Crippen LogP contribution in [0.1, 0.15) is 45.7 Å². The average molecular weight is 236 g/mol. The molecule has 1 aromatic heterocycles. The molecule has 0 aliphatic carbocycles. The quantitative estimate of drug-likeness (QED) is 0.825. The van der Waals surface area contributed by atoms with Crippen LogP contribution in [-0.2, 0) is 0 Å². The van der Waals surface area contributed by atoms with Gasteiger partial charge < -0.3 is 10.5 Å². The molecular formula is C14H24N2O. The van der Waals surface area contributed by atoms with E-state index in [0.29, 0.717) is 11.8 Å². The molecule has 0 aliphatic heterocycles. The van der Waals surface area contributed by atoms with Crippen LogP contribution in [0.4, 0.5) is 0 Å². The summed E-state index contributed by atoms with van der Waals surface area (Å²) in [4.78, 5) is 4.20. The minimum Gasteiger partial charge on any atom is -0.492 e. The lowest BCUT2D eigenvalue weighted by atomic mass is 9.87. The molecular weight excluding hydrogens is 212 g/mol. The van der Waals surface area contributed by atoms with Gasteiger partial charge in [0.15, 0.2) is 0 Å². The summed E-state index contributed by atoms with van der Waals surface area (Å²) in [6.07, 6.45) is 4.58. The fourth-order valence-corrected chi connectivity index (χ4v) is 1.63. The third-order valence-electron chi connectivity index (χ3n) is 3.21. The number of nitrogens with zero attached hydrogens (tertiary/aromatic N) is 1. The van der Waals surface area contributed by atoms with Gasteiger partial charge in [-0.2, -0.15) is 0 Å². The van der Waals surface area contributed by atoms with Crippen LogP contribution in [0.15, 0.2) is 18.5 Å². The molecule has 0 fully saturated rings. The van der Waals surface area contributed by atoms with Crippen molar-refractivity contribution in [3.8, 4) is 5.75 Å². The molecule has 3 heteroatoms. The molecule has 0 saturated carbocycles. The lowest BCUT2D eigenvalue weighted by Gasteiger charge is -2.23. The van der Waals surface area contributed by atoms with Gasteiger partial charge in [0.25, 0.3) is 0 Å². The Labute approximate surface area is 104 Å². The lowest BCUT2D eigenvalue weighted by molar-refractivity contribution is 0.313. The summed E-state index contributed by atoms with van der Waals surface area (Å²) in [5.41, 5.74) is 7.30. The number of aromatic nitrogens is 1. The Morgan fingerprint density at radius 2 is 2.00 bits per heavy atom. The highest BCUT2D eigenvalue weighted by Crippen LogP contribution is 2.26. The van der Waals surface area contributed by atoms with Gasteiger partial charge in [0.1, 0.15) is 5.75 Å². The molecule has 1 aromatic rings. The van der Waals surface area contributed by atoms with E-state index in [1.54, 1.807) is 6.20 Å². The molecule has 0 radical (unpaired) electrons.